The summed E-state index contributed by atoms with van der Waals surface area (Å²) in [5, 5.41) is 3.77. The number of nitrogens with zero attached hydrogens (tertiary/aromatic N) is 1. The van der Waals surface area contributed by atoms with Crippen molar-refractivity contribution in [3.63, 3.8) is 0 Å². The van der Waals surface area contributed by atoms with Gasteiger partial charge in [-0.25, -0.2) is 0 Å². The summed E-state index contributed by atoms with van der Waals surface area (Å²) in [4.78, 5) is 2.64. The van der Waals surface area contributed by atoms with Crippen LogP contribution in [-0.4, -0.2) is 24.5 Å². The van der Waals surface area contributed by atoms with E-state index in [2.05, 4.69) is 80.1 Å². The SMILES string of the molecule is C=C(CC1CN2CCC1CC2)NC(C)(C)c1cccc(C2=CCC(C)C=C2)c1. The van der Waals surface area contributed by atoms with Crippen molar-refractivity contribution < 1.29 is 0 Å². The van der Waals surface area contributed by atoms with Crippen LogP contribution in [0.4, 0.5) is 0 Å². The molecule has 1 aromatic rings. The van der Waals surface area contributed by atoms with Crippen molar-refractivity contribution in [2.24, 2.45) is 17.8 Å². The third-order valence-corrected chi connectivity index (χ3v) is 7.02. The minimum absolute atomic E-state index is 0.118. The number of rotatable bonds is 6. The second-order valence-corrected chi connectivity index (χ2v) is 9.77. The van der Waals surface area contributed by atoms with Gasteiger partial charge in [0.15, 0.2) is 0 Å². The van der Waals surface area contributed by atoms with E-state index in [1.807, 2.05) is 0 Å². The number of fused-ring (bicyclic) bond motifs is 3. The van der Waals surface area contributed by atoms with Crippen molar-refractivity contribution in [2.75, 3.05) is 19.6 Å². The van der Waals surface area contributed by atoms with Gasteiger partial charge in [0.1, 0.15) is 0 Å². The summed E-state index contributed by atoms with van der Waals surface area (Å²) in [5.41, 5.74) is 5.07. The van der Waals surface area contributed by atoms with Crippen molar-refractivity contribution in [1.29, 1.82) is 0 Å². The van der Waals surface area contributed by atoms with Crippen LogP contribution in [0.1, 0.15) is 57.6 Å². The van der Waals surface area contributed by atoms with Gasteiger partial charge in [-0.05, 0) is 93.1 Å². The highest BCUT2D eigenvalue weighted by Gasteiger charge is 2.34. The van der Waals surface area contributed by atoms with Crippen LogP contribution < -0.4 is 5.32 Å². The number of hydrogen-bond donors (Lipinski definition) is 1. The zero-order chi connectivity index (χ0) is 19.7. The van der Waals surface area contributed by atoms with Crippen LogP contribution in [0, 0.1) is 17.8 Å². The molecule has 150 valence electrons. The lowest BCUT2D eigenvalue weighted by atomic mass is 9.77. The Hall–Kier alpha value is -1.80. The number of piperidine rings is 3. The van der Waals surface area contributed by atoms with Gasteiger partial charge in [0.2, 0.25) is 0 Å². The minimum Gasteiger partial charge on any atom is -0.380 e. The predicted molar refractivity (Wildman–Crippen MR) is 120 cm³/mol. The summed E-state index contributed by atoms with van der Waals surface area (Å²) in [6.07, 6.45) is 12.0. The monoisotopic (exact) mass is 376 g/mol. The molecule has 2 unspecified atom stereocenters. The van der Waals surface area contributed by atoms with E-state index in [9.17, 15) is 0 Å². The van der Waals surface area contributed by atoms with Gasteiger partial charge in [-0.3, -0.25) is 0 Å². The first-order chi connectivity index (χ1) is 13.4. The highest BCUT2D eigenvalue weighted by atomic mass is 15.1. The molecule has 0 radical (unpaired) electrons. The zero-order valence-electron chi connectivity index (χ0n) is 17.9. The second-order valence-electron chi connectivity index (χ2n) is 9.77. The fraction of sp³-hybridized carbons (Fsp3) is 0.538. The third kappa shape index (κ3) is 4.27. The summed E-state index contributed by atoms with van der Waals surface area (Å²) in [6, 6.07) is 9.01. The maximum absolute atomic E-state index is 4.41. The van der Waals surface area contributed by atoms with Crippen molar-refractivity contribution in [3.8, 4) is 0 Å². The molecule has 2 bridgehead atoms. The molecule has 0 spiro atoms. The van der Waals surface area contributed by atoms with E-state index in [1.54, 1.807) is 0 Å². The molecule has 3 aliphatic heterocycles. The summed E-state index contributed by atoms with van der Waals surface area (Å²) >= 11 is 0. The summed E-state index contributed by atoms with van der Waals surface area (Å²) in [7, 11) is 0. The molecule has 5 rings (SSSR count). The highest BCUT2D eigenvalue weighted by molar-refractivity contribution is 5.75. The average Bonchev–Trinajstić information content (AvgIpc) is 2.69. The van der Waals surface area contributed by atoms with Gasteiger partial charge in [-0.2, -0.15) is 0 Å². The topological polar surface area (TPSA) is 15.3 Å². The van der Waals surface area contributed by atoms with Gasteiger partial charge in [-0.1, -0.05) is 49.9 Å². The first-order valence-electron chi connectivity index (χ1n) is 11.1. The lowest BCUT2D eigenvalue weighted by Gasteiger charge is -2.45. The quantitative estimate of drug-likeness (QED) is 0.681. The van der Waals surface area contributed by atoms with E-state index in [-0.39, 0.29) is 5.54 Å². The Morgan fingerprint density at radius 2 is 2.04 bits per heavy atom. The molecule has 4 aliphatic rings. The third-order valence-electron chi connectivity index (χ3n) is 7.02. The van der Waals surface area contributed by atoms with Crippen LogP contribution in [-0.2, 0) is 5.54 Å². The van der Waals surface area contributed by atoms with E-state index in [4.69, 9.17) is 0 Å². The minimum atomic E-state index is -0.118. The Labute approximate surface area is 171 Å². The fourth-order valence-corrected chi connectivity index (χ4v) is 5.23. The highest BCUT2D eigenvalue weighted by Crippen LogP contribution is 2.36. The summed E-state index contributed by atoms with van der Waals surface area (Å²) < 4.78 is 0. The lowest BCUT2D eigenvalue weighted by molar-refractivity contribution is 0.0500. The number of nitrogens with one attached hydrogen (secondary N) is 1. The van der Waals surface area contributed by atoms with Gasteiger partial charge in [0, 0.05) is 12.2 Å². The van der Waals surface area contributed by atoms with Gasteiger partial charge < -0.3 is 10.2 Å². The second kappa shape index (κ2) is 7.91. The molecule has 1 aromatic carbocycles. The molecule has 1 N–H and O–H groups in total. The van der Waals surface area contributed by atoms with Crippen molar-refractivity contribution >= 4 is 5.57 Å². The molecular formula is C26H36N2. The molecule has 2 heteroatoms. The fourth-order valence-electron chi connectivity index (χ4n) is 5.23. The number of allylic oxidation sites excluding steroid dienone is 5. The molecule has 3 heterocycles. The first-order valence-corrected chi connectivity index (χ1v) is 11.1. The molecule has 3 fully saturated rings. The molecule has 0 saturated carbocycles. The molecule has 1 aliphatic carbocycles. The van der Waals surface area contributed by atoms with E-state index in [1.165, 1.54) is 54.9 Å². The largest absolute Gasteiger partial charge is 0.380 e. The standard InChI is InChI=1S/C26H36N2/c1-19-8-10-21(11-9-19)23-6-5-7-25(17-23)26(3,4)27-20(2)16-24-18-28-14-12-22(24)13-15-28/h5-8,10-11,17,19,22,24,27H,2,9,12-16,18H2,1,3-4H3. The zero-order valence-corrected chi connectivity index (χ0v) is 17.9. The maximum atomic E-state index is 4.41. The maximum Gasteiger partial charge on any atom is 0.0566 e. The molecule has 0 amide bonds. The normalized spacial score (nSPS) is 29.5. The van der Waals surface area contributed by atoms with E-state index in [0.29, 0.717) is 5.92 Å². The van der Waals surface area contributed by atoms with Gasteiger partial charge in [0.05, 0.1) is 5.54 Å². The Morgan fingerprint density at radius 1 is 1.25 bits per heavy atom. The number of benzene rings is 1. The van der Waals surface area contributed by atoms with Crippen LogP contribution in [0.15, 0.2) is 54.8 Å². The van der Waals surface area contributed by atoms with Gasteiger partial charge >= 0.3 is 0 Å². The van der Waals surface area contributed by atoms with Crippen LogP contribution >= 0.6 is 0 Å². The van der Waals surface area contributed by atoms with E-state index >= 15 is 0 Å². The Kier molecular flexibility index (Phi) is 5.51. The Morgan fingerprint density at radius 3 is 2.68 bits per heavy atom. The Balaban J connectivity index is 1.42. The van der Waals surface area contributed by atoms with Crippen LogP contribution in [0.2, 0.25) is 0 Å². The predicted octanol–water partition coefficient (Wildman–Crippen LogP) is 5.74. The van der Waals surface area contributed by atoms with E-state index < -0.39 is 0 Å². The van der Waals surface area contributed by atoms with Crippen LogP contribution in [0.5, 0.6) is 0 Å². The summed E-state index contributed by atoms with van der Waals surface area (Å²) in [5.74, 6) is 2.34. The van der Waals surface area contributed by atoms with Crippen molar-refractivity contribution in [1.82, 2.24) is 10.2 Å². The van der Waals surface area contributed by atoms with Crippen LogP contribution in [0.3, 0.4) is 0 Å². The molecule has 3 saturated heterocycles. The van der Waals surface area contributed by atoms with Crippen molar-refractivity contribution in [3.05, 3.63) is 65.9 Å². The smallest absolute Gasteiger partial charge is 0.0566 e. The molecule has 2 atom stereocenters. The number of hydrogen-bond acceptors (Lipinski definition) is 2. The molecular weight excluding hydrogens is 340 g/mol. The van der Waals surface area contributed by atoms with Crippen LogP contribution in [0.25, 0.3) is 5.57 Å². The first kappa shape index (κ1) is 19.5. The Bertz CT molecular complexity index is 777. The summed E-state index contributed by atoms with van der Waals surface area (Å²) in [6.45, 7) is 15.1. The van der Waals surface area contributed by atoms with Crippen molar-refractivity contribution in [2.45, 2.75) is 52.0 Å². The van der Waals surface area contributed by atoms with Gasteiger partial charge in [0.25, 0.3) is 0 Å². The molecule has 0 aromatic heterocycles. The molecule has 28 heavy (non-hydrogen) atoms. The molecule has 2 nitrogen and oxygen atoms in total. The average molecular weight is 377 g/mol. The lowest BCUT2D eigenvalue weighted by Crippen LogP contribution is -2.48. The van der Waals surface area contributed by atoms with Gasteiger partial charge in [-0.15, -0.1) is 0 Å². The van der Waals surface area contributed by atoms with E-state index in [0.717, 1.165) is 24.7 Å².